The van der Waals surface area contributed by atoms with Gasteiger partial charge in [-0.1, -0.05) is 31.3 Å². The van der Waals surface area contributed by atoms with Crippen LogP contribution in [0.5, 0.6) is 0 Å². The molecular formula is C11H17N3OS. The second kappa shape index (κ2) is 7.11. The van der Waals surface area contributed by atoms with E-state index in [-0.39, 0.29) is 0 Å². The van der Waals surface area contributed by atoms with Crippen LogP contribution in [-0.2, 0) is 17.7 Å². The van der Waals surface area contributed by atoms with Gasteiger partial charge in [-0.15, -0.1) is 16.8 Å². The summed E-state index contributed by atoms with van der Waals surface area (Å²) in [4.78, 5) is 0. The molecule has 0 saturated heterocycles. The van der Waals surface area contributed by atoms with Gasteiger partial charge in [0.15, 0.2) is 5.16 Å². The number of hydrogen-bond acceptors (Lipinski definition) is 4. The van der Waals surface area contributed by atoms with E-state index in [2.05, 4.69) is 34.8 Å². The van der Waals surface area contributed by atoms with E-state index < -0.39 is 0 Å². The van der Waals surface area contributed by atoms with Crippen LogP contribution >= 0.6 is 11.8 Å². The first-order valence-electron chi connectivity index (χ1n) is 5.21. The van der Waals surface area contributed by atoms with Gasteiger partial charge in [-0.3, -0.25) is 0 Å². The van der Waals surface area contributed by atoms with Crippen molar-refractivity contribution in [2.45, 2.75) is 25.0 Å². The normalized spacial score (nSPS) is 10.1. The molecule has 1 aromatic rings. The average Bonchev–Trinajstić information content (AvgIpc) is 2.68. The van der Waals surface area contributed by atoms with E-state index >= 15 is 0 Å². The van der Waals surface area contributed by atoms with E-state index in [1.54, 1.807) is 11.8 Å². The van der Waals surface area contributed by atoms with Crippen molar-refractivity contribution in [2.24, 2.45) is 0 Å². The number of ether oxygens (including phenoxy) is 1. The summed E-state index contributed by atoms with van der Waals surface area (Å²) in [6, 6.07) is 0. The molecule has 0 fully saturated rings. The summed E-state index contributed by atoms with van der Waals surface area (Å²) >= 11 is 1.63. The van der Waals surface area contributed by atoms with Gasteiger partial charge in [0.05, 0.1) is 12.9 Å². The minimum absolute atomic E-state index is 0.635. The summed E-state index contributed by atoms with van der Waals surface area (Å²) in [6.07, 6.45) is 4.18. The van der Waals surface area contributed by atoms with Crippen LogP contribution < -0.4 is 0 Å². The molecule has 0 unspecified atom stereocenters. The van der Waals surface area contributed by atoms with Gasteiger partial charge in [0.2, 0.25) is 0 Å². The van der Waals surface area contributed by atoms with Crippen LogP contribution in [0, 0.1) is 0 Å². The predicted molar refractivity (Wildman–Crippen MR) is 66.5 cm³/mol. The molecule has 16 heavy (non-hydrogen) atoms. The van der Waals surface area contributed by atoms with Gasteiger partial charge >= 0.3 is 0 Å². The predicted octanol–water partition coefficient (Wildman–Crippen LogP) is 2.28. The molecular weight excluding hydrogens is 222 g/mol. The zero-order valence-corrected chi connectivity index (χ0v) is 10.4. The second-order valence-corrected chi connectivity index (χ2v) is 4.10. The Morgan fingerprint density at radius 2 is 2.25 bits per heavy atom. The van der Waals surface area contributed by atoms with Crippen LogP contribution in [-0.4, -0.2) is 27.1 Å². The summed E-state index contributed by atoms with van der Waals surface area (Å²) in [5.41, 5.74) is 0. The molecule has 0 aliphatic heterocycles. The zero-order chi connectivity index (χ0) is 11.8. The fourth-order valence-corrected chi connectivity index (χ4v) is 2.06. The maximum atomic E-state index is 5.05. The lowest BCUT2D eigenvalue weighted by Gasteiger charge is -2.05. The highest BCUT2D eigenvalue weighted by molar-refractivity contribution is 7.99. The first kappa shape index (κ1) is 12.8. The highest BCUT2D eigenvalue weighted by Gasteiger charge is 2.09. The van der Waals surface area contributed by atoms with Crippen LogP contribution in [0.25, 0.3) is 0 Å². The third-order valence-electron chi connectivity index (χ3n) is 1.97. The lowest BCUT2D eigenvalue weighted by molar-refractivity contribution is 0.274. The largest absolute Gasteiger partial charge is 0.501 e. The van der Waals surface area contributed by atoms with Crippen LogP contribution in [0.4, 0.5) is 0 Å². The fraction of sp³-hybridized carbons (Fsp3) is 0.455. The molecule has 0 atom stereocenters. The first-order chi connectivity index (χ1) is 7.83. The van der Waals surface area contributed by atoms with Crippen molar-refractivity contribution >= 4 is 11.8 Å². The van der Waals surface area contributed by atoms with Crippen LogP contribution in [0.2, 0.25) is 0 Å². The molecule has 4 nitrogen and oxygen atoms in total. The first-order valence-corrected chi connectivity index (χ1v) is 6.20. The Kier molecular flexibility index (Phi) is 5.71. The van der Waals surface area contributed by atoms with Crippen molar-refractivity contribution in [1.82, 2.24) is 14.8 Å². The van der Waals surface area contributed by atoms with Crippen LogP contribution in [0.15, 0.2) is 30.7 Å². The van der Waals surface area contributed by atoms with Gasteiger partial charge in [-0.2, -0.15) is 0 Å². The summed E-state index contributed by atoms with van der Waals surface area (Å²) in [5.74, 6) is 1.83. The molecule has 1 heterocycles. The van der Waals surface area contributed by atoms with Crippen molar-refractivity contribution in [3.05, 3.63) is 31.3 Å². The number of rotatable bonds is 8. The van der Waals surface area contributed by atoms with E-state index in [1.807, 2.05) is 6.08 Å². The third kappa shape index (κ3) is 3.41. The lowest BCUT2D eigenvalue weighted by Crippen LogP contribution is -2.03. The highest BCUT2D eigenvalue weighted by atomic mass is 32.2. The monoisotopic (exact) mass is 239 g/mol. The molecule has 88 valence electrons. The molecule has 0 amide bonds. The number of hydrogen-bond donors (Lipinski definition) is 0. The summed E-state index contributed by atoms with van der Waals surface area (Å²) in [5, 5.41) is 9.21. The number of nitrogens with zero attached hydrogens (tertiary/aromatic N) is 3. The van der Waals surface area contributed by atoms with E-state index in [4.69, 9.17) is 4.74 Å². The van der Waals surface area contributed by atoms with E-state index in [1.165, 1.54) is 6.26 Å². The number of aryl methyl sites for hydroxylation is 1. The standard InChI is InChI=1S/C11H17N3OS/c1-4-7-14-10(5-2)12-13-11(14)16-9-8-15-6-3/h4,6H,1,3,5,7-9H2,2H3. The molecule has 0 aromatic carbocycles. The van der Waals surface area contributed by atoms with E-state index in [0.717, 1.165) is 29.7 Å². The van der Waals surface area contributed by atoms with Gasteiger partial charge in [0.25, 0.3) is 0 Å². The van der Waals surface area contributed by atoms with Gasteiger partial charge in [0, 0.05) is 18.7 Å². The van der Waals surface area contributed by atoms with Crippen LogP contribution in [0.3, 0.4) is 0 Å². The SMILES string of the molecule is C=CCn1c(CC)nnc1SCCOC=C. The summed E-state index contributed by atoms with van der Waals surface area (Å²) in [7, 11) is 0. The second-order valence-electron chi connectivity index (χ2n) is 3.04. The Balaban J connectivity index is 2.60. The Morgan fingerprint density at radius 3 is 2.88 bits per heavy atom. The van der Waals surface area contributed by atoms with Gasteiger partial charge in [-0.05, 0) is 0 Å². The number of aromatic nitrogens is 3. The van der Waals surface area contributed by atoms with Gasteiger partial charge < -0.3 is 9.30 Å². The minimum Gasteiger partial charge on any atom is -0.501 e. The highest BCUT2D eigenvalue weighted by Crippen LogP contribution is 2.17. The van der Waals surface area contributed by atoms with Crippen molar-refractivity contribution in [3.8, 4) is 0 Å². The zero-order valence-electron chi connectivity index (χ0n) is 9.56. The third-order valence-corrected chi connectivity index (χ3v) is 2.90. The fourth-order valence-electron chi connectivity index (χ4n) is 1.26. The maximum Gasteiger partial charge on any atom is 0.191 e. The Hall–Kier alpha value is -1.23. The Bertz CT molecular complexity index is 349. The summed E-state index contributed by atoms with van der Waals surface area (Å²) in [6.45, 7) is 10.7. The lowest BCUT2D eigenvalue weighted by atomic mass is 10.4. The minimum atomic E-state index is 0.635. The molecule has 0 aliphatic carbocycles. The molecule has 0 bridgehead atoms. The Labute approximate surface area is 100 Å². The van der Waals surface area contributed by atoms with Crippen molar-refractivity contribution < 1.29 is 4.74 Å². The van der Waals surface area contributed by atoms with Gasteiger partial charge in [-0.25, -0.2) is 0 Å². The van der Waals surface area contributed by atoms with Gasteiger partial charge in [0.1, 0.15) is 5.82 Å². The number of allylic oxidation sites excluding steroid dienone is 1. The molecule has 5 heteroatoms. The molecule has 1 aromatic heterocycles. The van der Waals surface area contributed by atoms with E-state index in [0.29, 0.717) is 6.61 Å². The molecule has 0 aliphatic rings. The molecule has 0 spiro atoms. The van der Waals surface area contributed by atoms with E-state index in [9.17, 15) is 0 Å². The topological polar surface area (TPSA) is 39.9 Å². The maximum absolute atomic E-state index is 5.05. The van der Waals surface area contributed by atoms with Crippen molar-refractivity contribution in [2.75, 3.05) is 12.4 Å². The van der Waals surface area contributed by atoms with Crippen LogP contribution in [0.1, 0.15) is 12.7 Å². The molecule has 0 saturated carbocycles. The Morgan fingerprint density at radius 1 is 1.44 bits per heavy atom. The summed E-state index contributed by atoms with van der Waals surface area (Å²) < 4.78 is 7.13. The molecule has 0 radical (unpaired) electrons. The van der Waals surface area contributed by atoms with Crippen molar-refractivity contribution in [3.63, 3.8) is 0 Å². The average molecular weight is 239 g/mol. The smallest absolute Gasteiger partial charge is 0.191 e. The number of thioether (sulfide) groups is 1. The molecule has 1 rings (SSSR count). The van der Waals surface area contributed by atoms with Crippen molar-refractivity contribution in [1.29, 1.82) is 0 Å². The molecule has 0 N–H and O–H groups in total. The quantitative estimate of drug-likeness (QED) is 0.302.